The van der Waals surface area contributed by atoms with E-state index in [-0.39, 0.29) is 11.7 Å². The zero-order chi connectivity index (χ0) is 15.1. The number of carbonyl (C=O) groups is 1. The maximum atomic E-state index is 12.1. The molecule has 4 N–H and O–H groups in total. The summed E-state index contributed by atoms with van der Waals surface area (Å²) in [4.78, 5) is 14.3. The number of hydrogen-bond acceptors (Lipinski definition) is 4. The van der Waals surface area contributed by atoms with Gasteiger partial charge in [-0.3, -0.25) is 4.79 Å². The van der Waals surface area contributed by atoms with Crippen molar-refractivity contribution in [3.63, 3.8) is 0 Å². The third kappa shape index (κ3) is 4.74. The van der Waals surface area contributed by atoms with Crippen LogP contribution in [0.15, 0.2) is 11.2 Å². The zero-order valence-electron chi connectivity index (χ0n) is 12.2. The van der Waals surface area contributed by atoms with E-state index >= 15 is 0 Å². The Morgan fingerprint density at radius 1 is 1.33 bits per heavy atom. The molecular weight excluding hydrogens is 286 g/mol. The van der Waals surface area contributed by atoms with Crippen LogP contribution in [0, 0.1) is 0 Å². The Kier molecular flexibility index (Phi) is 6.04. The first-order valence-electron chi connectivity index (χ1n) is 7.57. The molecule has 0 radical (unpaired) electrons. The maximum Gasteiger partial charge on any atom is 0.261 e. The highest BCUT2D eigenvalue weighted by Crippen LogP contribution is 2.28. The molecule has 116 valence electrons. The number of oxime groups is 1. The summed E-state index contributed by atoms with van der Waals surface area (Å²) < 4.78 is 0. The molecule has 1 aromatic rings. The Bertz CT molecular complexity index is 488. The van der Waals surface area contributed by atoms with E-state index in [9.17, 15) is 4.79 Å². The fourth-order valence-corrected chi connectivity index (χ4v) is 3.72. The summed E-state index contributed by atoms with van der Waals surface area (Å²) in [7, 11) is 0. The molecule has 0 saturated carbocycles. The number of fused-ring (bicyclic) bond motifs is 1. The van der Waals surface area contributed by atoms with Gasteiger partial charge in [-0.05, 0) is 50.2 Å². The van der Waals surface area contributed by atoms with Crippen LogP contribution in [0.5, 0.6) is 0 Å². The number of nitrogens with zero attached hydrogens (tertiary/aromatic N) is 1. The third-order valence-corrected chi connectivity index (χ3v) is 4.98. The van der Waals surface area contributed by atoms with Crippen LogP contribution in [0.3, 0.4) is 0 Å². The van der Waals surface area contributed by atoms with Gasteiger partial charge in [0, 0.05) is 17.8 Å². The topological polar surface area (TPSA) is 87.7 Å². The van der Waals surface area contributed by atoms with Crippen LogP contribution in [0.1, 0.15) is 58.6 Å². The van der Waals surface area contributed by atoms with Crippen LogP contribution in [-0.4, -0.2) is 23.5 Å². The number of amides is 1. The van der Waals surface area contributed by atoms with Crippen molar-refractivity contribution in [3.8, 4) is 0 Å². The number of rotatable bonds is 6. The van der Waals surface area contributed by atoms with Gasteiger partial charge in [-0.25, -0.2) is 0 Å². The molecule has 0 aromatic carbocycles. The molecule has 0 unspecified atom stereocenters. The van der Waals surface area contributed by atoms with Crippen molar-refractivity contribution in [2.45, 2.75) is 51.4 Å². The molecule has 1 aromatic heterocycles. The minimum atomic E-state index is 0.0249. The molecule has 6 heteroatoms. The smallest absolute Gasteiger partial charge is 0.261 e. The second-order valence-electron chi connectivity index (χ2n) is 5.42. The molecule has 0 saturated heterocycles. The Labute approximate surface area is 129 Å². The number of carbonyl (C=O) groups excluding carboxylic acids is 1. The number of thiophene rings is 1. The number of hydrogen-bond donors (Lipinski definition) is 3. The molecule has 0 spiro atoms. The Morgan fingerprint density at radius 2 is 2.14 bits per heavy atom. The highest BCUT2D eigenvalue weighted by molar-refractivity contribution is 7.14. The quantitative estimate of drug-likeness (QED) is 0.188. The van der Waals surface area contributed by atoms with E-state index < -0.39 is 0 Å². The first kappa shape index (κ1) is 15.8. The largest absolute Gasteiger partial charge is 0.409 e. The summed E-state index contributed by atoms with van der Waals surface area (Å²) in [6.07, 6.45) is 8.18. The second kappa shape index (κ2) is 8.02. The van der Waals surface area contributed by atoms with Gasteiger partial charge in [0.05, 0.1) is 4.88 Å². The Morgan fingerprint density at radius 3 is 2.95 bits per heavy atom. The summed E-state index contributed by atoms with van der Waals surface area (Å²) >= 11 is 1.64. The minimum Gasteiger partial charge on any atom is -0.409 e. The van der Waals surface area contributed by atoms with Gasteiger partial charge in [-0.1, -0.05) is 11.6 Å². The molecule has 1 aliphatic carbocycles. The van der Waals surface area contributed by atoms with Crippen LogP contribution < -0.4 is 11.1 Å². The predicted octanol–water partition coefficient (Wildman–Crippen LogP) is 2.66. The molecule has 2 rings (SSSR count). The second-order valence-corrected chi connectivity index (χ2v) is 6.56. The van der Waals surface area contributed by atoms with Crippen molar-refractivity contribution >= 4 is 23.1 Å². The molecule has 21 heavy (non-hydrogen) atoms. The molecule has 0 bridgehead atoms. The molecule has 0 fully saturated rings. The highest BCUT2D eigenvalue weighted by atomic mass is 32.1. The van der Waals surface area contributed by atoms with Gasteiger partial charge in [0.15, 0.2) is 0 Å². The lowest BCUT2D eigenvalue weighted by molar-refractivity contribution is 0.0957. The van der Waals surface area contributed by atoms with Gasteiger partial charge >= 0.3 is 0 Å². The van der Waals surface area contributed by atoms with E-state index in [1.54, 1.807) is 11.3 Å². The van der Waals surface area contributed by atoms with Crippen molar-refractivity contribution in [3.05, 3.63) is 21.4 Å². The number of aryl methyl sites for hydroxylation is 2. The third-order valence-electron chi connectivity index (χ3n) is 3.74. The summed E-state index contributed by atoms with van der Waals surface area (Å²) in [5.74, 6) is 0.264. The van der Waals surface area contributed by atoms with Crippen LogP contribution in [0.2, 0.25) is 0 Å². The highest BCUT2D eigenvalue weighted by Gasteiger charge is 2.15. The average Bonchev–Trinajstić information content (AvgIpc) is 2.77. The zero-order valence-corrected chi connectivity index (χ0v) is 13.0. The van der Waals surface area contributed by atoms with Crippen LogP contribution in [-0.2, 0) is 12.8 Å². The Hall–Kier alpha value is -1.56. The lowest BCUT2D eigenvalue weighted by Crippen LogP contribution is -2.23. The van der Waals surface area contributed by atoms with E-state index in [2.05, 4.69) is 16.5 Å². The summed E-state index contributed by atoms with van der Waals surface area (Å²) in [6, 6.07) is 2.07. The lowest BCUT2D eigenvalue weighted by Gasteiger charge is -2.03. The molecule has 0 aliphatic heterocycles. The normalized spacial score (nSPS) is 15.3. The van der Waals surface area contributed by atoms with Gasteiger partial charge < -0.3 is 16.3 Å². The van der Waals surface area contributed by atoms with E-state index in [4.69, 9.17) is 10.9 Å². The summed E-state index contributed by atoms with van der Waals surface area (Å²) in [5.41, 5.74) is 6.76. The maximum absolute atomic E-state index is 12.1. The minimum absolute atomic E-state index is 0.0249. The van der Waals surface area contributed by atoms with E-state index in [0.29, 0.717) is 13.0 Å². The van der Waals surface area contributed by atoms with Crippen molar-refractivity contribution in [1.82, 2.24) is 5.32 Å². The first-order chi connectivity index (χ1) is 10.2. The SMILES string of the molecule is NC(CCCCNC(=O)c1cc2c(s1)CCCCC2)=NO. The van der Waals surface area contributed by atoms with Crippen molar-refractivity contribution in [1.29, 1.82) is 0 Å². The van der Waals surface area contributed by atoms with Crippen molar-refractivity contribution in [2.75, 3.05) is 6.54 Å². The fourth-order valence-electron chi connectivity index (χ4n) is 2.55. The monoisotopic (exact) mass is 309 g/mol. The average molecular weight is 309 g/mol. The molecule has 1 amide bonds. The van der Waals surface area contributed by atoms with Gasteiger partial charge in [-0.2, -0.15) is 0 Å². The fraction of sp³-hybridized carbons (Fsp3) is 0.600. The van der Waals surface area contributed by atoms with Crippen LogP contribution in [0.25, 0.3) is 0 Å². The number of amidine groups is 1. The molecule has 1 aliphatic rings. The van der Waals surface area contributed by atoms with E-state index in [0.717, 1.165) is 30.6 Å². The number of nitrogens with two attached hydrogens (primary N) is 1. The number of nitrogens with one attached hydrogen (secondary N) is 1. The van der Waals surface area contributed by atoms with E-state index in [1.165, 1.54) is 29.7 Å². The molecular formula is C15H23N3O2S. The van der Waals surface area contributed by atoms with Crippen LogP contribution >= 0.6 is 11.3 Å². The summed E-state index contributed by atoms with van der Waals surface area (Å²) in [6.45, 7) is 0.625. The predicted molar refractivity (Wildman–Crippen MR) is 85.2 cm³/mol. The lowest BCUT2D eigenvalue weighted by atomic mass is 10.1. The molecule has 0 atom stereocenters. The number of unbranched alkanes of at least 4 members (excludes halogenated alkanes) is 1. The Balaban J connectivity index is 1.76. The van der Waals surface area contributed by atoms with Gasteiger partial charge in [0.2, 0.25) is 0 Å². The summed E-state index contributed by atoms with van der Waals surface area (Å²) in [5, 5.41) is 14.3. The van der Waals surface area contributed by atoms with Crippen molar-refractivity contribution < 1.29 is 10.0 Å². The van der Waals surface area contributed by atoms with Crippen LogP contribution in [0.4, 0.5) is 0 Å². The van der Waals surface area contributed by atoms with Gasteiger partial charge in [0.25, 0.3) is 5.91 Å². The molecule has 1 heterocycles. The first-order valence-corrected chi connectivity index (χ1v) is 8.38. The standard InChI is InChI=1S/C15H23N3O2S/c16-14(18-20)8-4-5-9-17-15(19)13-10-11-6-2-1-3-7-12(11)21-13/h10,20H,1-9H2,(H2,16,18)(H,17,19). The van der Waals surface area contributed by atoms with E-state index in [1.807, 2.05) is 0 Å². The molecule has 5 nitrogen and oxygen atoms in total. The van der Waals surface area contributed by atoms with Gasteiger partial charge in [-0.15, -0.1) is 11.3 Å². The van der Waals surface area contributed by atoms with Gasteiger partial charge in [0.1, 0.15) is 5.84 Å². The van der Waals surface area contributed by atoms with Crippen molar-refractivity contribution in [2.24, 2.45) is 10.9 Å².